The Bertz CT molecular complexity index is 506. The first-order chi connectivity index (χ1) is 9.61. The Morgan fingerprint density at radius 1 is 1.65 bits per heavy atom. The fraction of sp³-hybridized carbons (Fsp3) is 0.462. The van der Waals surface area contributed by atoms with Gasteiger partial charge in [-0.2, -0.15) is 0 Å². The molecule has 108 valence electrons. The molecule has 1 aromatic rings. The van der Waals surface area contributed by atoms with E-state index in [1.165, 1.54) is 18.3 Å². The number of hydrogen-bond donors (Lipinski definition) is 2. The molecule has 2 rings (SSSR count). The molecule has 0 saturated carbocycles. The van der Waals surface area contributed by atoms with E-state index >= 15 is 0 Å². The number of aromatic hydroxyl groups is 1. The van der Waals surface area contributed by atoms with E-state index in [-0.39, 0.29) is 29.8 Å². The van der Waals surface area contributed by atoms with E-state index in [4.69, 9.17) is 4.74 Å². The third-order valence-corrected chi connectivity index (χ3v) is 3.12. The van der Waals surface area contributed by atoms with Crippen molar-refractivity contribution in [3.63, 3.8) is 0 Å². The minimum atomic E-state index is -0.477. The van der Waals surface area contributed by atoms with Crippen LogP contribution in [-0.2, 0) is 9.53 Å². The Morgan fingerprint density at radius 3 is 3.15 bits per heavy atom. The molecule has 1 atom stereocenters. The molecule has 0 bridgehead atoms. The van der Waals surface area contributed by atoms with Crippen molar-refractivity contribution in [2.75, 3.05) is 26.8 Å². The molecule has 0 aliphatic carbocycles. The molecule has 0 radical (unpaired) electrons. The van der Waals surface area contributed by atoms with E-state index in [0.29, 0.717) is 19.7 Å². The highest BCUT2D eigenvalue weighted by atomic mass is 16.5. The van der Waals surface area contributed by atoms with Crippen LogP contribution in [-0.4, -0.2) is 59.7 Å². The van der Waals surface area contributed by atoms with Crippen molar-refractivity contribution in [1.82, 2.24) is 15.2 Å². The summed E-state index contributed by atoms with van der Waals surface area (Å²) in [7, 11) is 1.57. The second-order valence-corrected chi connectivity index (χ2v) is 4.58. The second kappa shape index (κ2) is 6.33. The first kappa shape index (κ1) is 14.3. The molecular weight excluding hydrogens is 262 g/mol. The maximum atomic E-state index is 12.0. The number of nitrogens with zero attached hydrogens (tertiary/aromatic N) is 2. The molecule has 7 nitrogen and oxygen atoms in total. The fourth-order valence-corrected chi connectivity index (χ4v) is 2.11. The van der Waals surface area contributed by atoms with E-state index in [0.717, 1.165) is 0 Å². The summed E-state index contributed by atoms with van der Waals surface area (Å²) in [5.74, 6) is -0.669. The number of methoxy groups -OCH3 is 1. The quantitative estimate of drug-likeness (QED) is 0.776. The Balaban J connectivity index is 1.93. The van der Waals surface area contributed by atoms with Crippen LogP contribution < -0.4 is 5.32 Å². The summed E-state index contributed by atoms with van der Waals surface area (Å²) >= 11 is 0. The number of nitrogens with one attached hydrogen (secondary N) is 1. The lowest BCUT2D eigenvalue weighted by Gasteiger charge is -2.16. The van der Waals surface area contributed by atoms with Gasteiger partial charge in [-0.05, 0) is 12.1 Å². The minimum absolute atomic E-state index is 0.0161. The molecule has 1 saturated heterocycles. The number of ether oxygens (including phenoxy) is 1. The SMILES string of the molecule is COCCN1C[C@H](NC(=O)c2ncccc2O)CC1=O. The molecule has 0 aromatic carbocycles. The average Bonchev–Trinajstić information content (AvgIpc) is 2.76. The first-order valence-corrected chi connectivity index (χ1v) is 6.33. The normalized spacial score (nSPS) is 18.4. The van der Waals surface area contributed by atoms with Crippen LogP contribution in [0.4, 0.5) is 0 Å². The summed E-state index contributed by atoms with van der Waals surface area (Å²) in [5.41, 5.74) is -0.0321. The lowest BCUT2D eigenvalue weighted by atomic mass is 10.2. The van der Waals surface area contributed by atoms with Gasteiger partial charge in [0.1, 0.15) is 5.75 Å². The lowest BCUT2D eigenvalue weighted by molar-refractivity contribution is -0.128. The Labute approximate surface area is 116 Å². The van der Waals surface area contributed by atoms with Crippen LogP contribution in [0, 0.1) is 0 Å². The molecule has 0 unspecified atom stereocenters. The maximum absolute atomic E-state index is 12.0. The van der Waals surface area contributed by atoms with Gasteiger partial charge in [0.15, 0.2) is 5.69 Å². The van der Waals surface area contributed by atoms with Crippen molar-refractivity contribution in [2.45, 2.75) is 12.5 Å². The maximum Gasteiger partial charge on any atom is 0.274 e. The van der Waals surface area contributed by atoms with Gasteiger partial charge >= 0.3 is 0 Å². The topological polar surface area (TPSA) is 91.8 Å². The monoisotopic (exact) mass is 279 g/mol. The van der Waals surface area contributed by atoms with Gasteiger partial charge in [-0.15, -0.1) is 0 Å². The Morgan fingerprint density at radius 2 is 2.45 bits per heavy atom. The number of hydrogen-bond acceptors (Lipinski definition) is 5. The van der Waals surface area contributed by atoms with E-state index in [9.17, 15) is 14.7 Å². The molecule has 1 aliphatic heterocycles. The molecule has 0 spiro atoms. The molecule has 1 aliphatic rings. The van der Waals surface area contributed by atoms with Crippen LogP contribution in [0.2, 0.25) is 0 Å². The lowest BCUT2D eigenvalue weighted by Crippen LogP contribution is -2.38. The number of amides is 2. The molecule has 2 N–H and O–H groups in total. The Kier molecular flexibility index (Phi) is 4.52. The first-order valence-electron chi connectivity index (χ1n) is 6.33. The third kappa shape index (κ3) is 3.24. The summed E-state index contributed by atoms with van der Waals surface area (Å²) in [4.78, 5) is 29.2. The zero-order valence-corrected chi connectivity index (χ0v) is 11.2. The standard InChI is InChI=1S/C13H17N3O4/c1-20-6-5-16-8-9(7-11(16)18)15-13(19)12-10(17)3-2-4-14-12/h2-4,9,17H,5-8H2,1H3,(H,15,19)/t9-/m1/s1. The van der Waals surface area contributed by atoms with Crippen LogP contribution in [0.15, 0.2) is 18.3 Å². The van der Waals surface area contributed by atoms with Crippen LogP contribution in [0.5, 0.6) is 5.75 Å². The number of carbonyl (C=O) groups excluding carboxylic acids is 2. The molecule has 2 heterocycles. The van der Waals surface area contributed by atoms with Crippen molar-refractivity contribution in [2.24, 2.45) is 0 Å². The van der Waals surface area contributed by atoms with Gasteiger partial charge in [0.25, 0.3) is 5.91 Å². The van der Waals surface area contributed by atoms with E-state index in [1.807, 2.05) is 0 Å². The molecule has 7 heteroatoms. The predicted molar refractivity (Wildman–Crippen MR) is 70.2 cm³/mol. The summed E-state index contributed by atoms with van der Waals surface area (Å²) in [6.45, 7) is 1.42. The van der Waals surface area contributed by atoms with Crippen molar-refractivity contribution in [3.05, 3.63) is 24.0 Å². The molecule has 1 aromatic heterocycles. The number of carbonyl (C=O) groups is 2. The van der Waals surface area contributed by atoms with Crippen molar-refractivity contribution >= 4 is 11.8 Å². The average molecular weight is 279 g/mol. The van der Waals surface area contributed by atoms with Crippen LogP contribution in [0.3, 0.4) is 0 Å². The highest BCUT2D eigenvalue weighted by molar-refractivity contribution is 5.95. The molecule has 20 heavy (non-hydrogen) atoms. The number of pyridine rings is 1. The van der Waals surface area contributed by atoms with Gasteiger partial charge in [0.2, 0.25) is 5.91 Å². The smallest absolute Gasteiger partial charge is 0.274 e. The van der Waals surface area contributed by atoms with Gasteiger partial charge in [-0.3, -0.25) is 9.59 Å². The summed E-state index contributed by atoms with van der Waals surface area (Å²) < 4.78 is 4.93. The number of likely N-dealkylation sites (tertiary alicyclic amines) is 1. The zero-order valence-electron chi connectivity index (χ0n) is 11.2. The summed E-state index contributed by atoms with van der Waals surface area (Å²) in [6, 6.07) is 2.66. The third-order valence-electron chi connectivity index (χ3n) is 3.12. The largest absolute Gasteiger partial charge is 0.505 e. The molecule has 2 amide bonds. The number of rotatable bonds is 5. The second-order valence-electron chi connectivity index (χ2n) is 4.58. The molecule has 1 fully saturated rings. The van der Waals surface area contributed by atoms with E-state index in [2.05, 4.69) is 10.3 Å². The van der Waals surface area contributed by atoms with Crippen LogP contribution in [0.25, 0.3) is 0 Å². The van der Waals surface area contributed by atoms with Gasteiger partial charge in [0, 0.05) is 32.8 Å². The van der Waals surface area contributed by atoms with Crippen molar-refractivity contribution in [1.29, 1.82) is 0 Å². The highest BCUT2D eigenvalue weighted by Crippen LogP contribution is 2.15. The van der Waals surface area contributed by atoms with E-state index < -0.39 is 5.91 Å². The molecular formula is C13H17N3O4. The van der Waals surface area contributed by atoms with Gasteiger partial charge in [0.05, 0.1) is 12.6 Å². The van der Waals surface area contributed by atoms with Gasteiger partial charge in [-0.25, -0.2) is 4.98 Å². The van der Waals surface area contributed by atoms with Crippen LogP contribution in [0.1, 0.15) is 16.9 Å². The zero-order chi connectivity index (χ0) is 14.5. The number of aromatic nitrogens is 1. The van der Waals surface area contributed by atoms with Gasteiger partial charge in [-0.1, -0.05) is 0 Å². The Hall–Kier alpha value is -2.15. The van der Waals surface area contributed by atoms with Crippen LogP contribution >= 0.6 is 0 Å². The minimum Gasteiger partial charge on any atom is -0.505 e. The highest BCUT2D eigenvalue weighted by Gasteiger charge is 2.30. The van der Waals surface area contributed by atoms with Crippen molar-refractivity contribution < 1.29 is 19.4 Å². The van der Waals surface area contributed by atoms with Gasteiger partial charge < -0.3 is 20.1 Å². The summed E-state index contributed by atoms with van der Waals surface area (Å²) in [6.07, 6.45) is 1.68. The fourth-order valence-electron chi connectivity index (χ4n) is 2.11. The van der Waals surface area contributed by atoms with E-state index in [1.54, 1.807) is 12.0 Å². The van der Waals surface area contributed by atoms with Crippen molar-refractivity contribution in [3.8, 4) is 5.75 Å². The summed E-state index contributed by atoms with van der Waals surface area (Å²) in [5, 5.41) is 12.3. The predicted octanol–water partition coefficient (Wildman–Crippen LogP) is -0.236.